The summed E-state index contributed by atoms with van der Waals surface area (Å²) in [7, 11) is -2.30. The van der Waals surface area contributed by atoms with Crippen molar-refractivity contribution < 1.29 is 36.9 Å². The van der Waals surface area contributed by atoms with Crippen LogP contribution in [0.25, 0.3) is 0 Å². The zero-order valence-corrected chi connectivity index (χ0v) is 26.6. The van der Waals surface area contributed by atoms with Gasteiger partial charge in [0, 0.05) is 31.6 Å². The molecule has 0 aliphatic carbocycles. The lowest BCUT2D eigenvalue weighted by Crippen LogP contribution is -2.53. The largest absolute Gasteiger partial charge is 0.497 e. The van der Waals surface area contributed by atoms with Crippen molar-refractivity contribution >= 4 is 21.6 Å². The number of carbonyl (C=O) groups excluding carboxylic acids is 1. The zero-order valence-electron chi connectivity index (χ0n) is 25.8. The van der Waals surface area contributed by atoms with E-state index in [0.29, 0.717) is 41.2 Å². The van der Waals surface area contributed by atoms with E-state index >= 15 is 0 Å². The summed E-state index contributed by atoms with van der Waals surface area (Å²) in [4.78, 5) is 19.3. The average Bonchev–Trinajstić information content (AvgIpc) is 3.50. The van der Waals surface area contributed by atoms with Gasteiger partial charge in [-0.15, -0.1) is 0 Å². The number of aliphatic hydroxyl groups excluding tert-OH is 1. The second kappa shape index (κ2) is 15.2. The number of benzene rings is 4. The number of sulfone groups is 1. The van der Waals surface area contributed by atoms with E-state index in [4.69, 9.17) is 24.3 Å². The Kier molecular flexibility index (Phi) is 10.9. The monoisotopic (exact) mass is 661 g/mol. The van der Waals surface area contributed by atoms with Crippen molar-refractivity contribution in [3.8, 4) is 11.5 Å². The minimum atomic E-state index is -3.82. The third kappa shape index (κ3) is 8.15. The summed E-state index contributed by atoms with van der Waals surface area (Å²) >= 11 is 0. The number of rotatable bonds is 15. The van der Waals surface area contributed by atoms with E-state index in [1.807, 2.05) is 0 Å². The lowest BCUT2D eigenvalue weighted by Gasteiger charge is -2.30. The molecule has 0 radical (unpaired) electrons. The standard InChI is InChI=1S/C35H36FN3O7S/c1-44-30-8-5-7-27(23-30)32-35(19-22-47(42,43)31-9-3-2-4-10-31,34(41)39-37-24-25-11-15-28(36)16-12-25)38-33(46-32)26-13-17-29(18-14-26)45-21-6-20-40/h2-5,7-18,23,32,37,40H,6,19-22,24H2,1H3,(H,39,41)/t32-,35-/m0/s1. The van der Waals surface area contributed by atoms with Gasteiger partial charge in [0.2, 0.25) is 5.90 Å². The molecule has 47 heavy (non-hydrogen) atoms. The van der Waals surface area contributed by atoms with Gasteiger partial charge in [0.05, 0.1) is 24.4 Å². The summed E-state index contributed by atoms with van der Waals surface area (Å²) in [6.45, 7) is 0.524. The molecule has 4 aromatic rings. The SMILES string of the molecule is COc1cccc([C@@H]2OC(c3ccc(OCCCO)cc3)=N[C@]2(CCS(=O)(=O)c2ccccc2)C(=O)NNCc2ccc(F)cc2)c1. The summed E-state index contributed by atoms with van der Waals surface area (Å²) in [5.41, 5.74) is 5.66. The summed E-state index contributed by atoms with van der Waals surface area (Å²) in [6.07, 6.45) is -0.771. The highest BCUT2D eigenvalue weighted by atomic mass is 32.2. The molecule has 0 saturated heterocycles. The number of aliphatic imine (C=N–C) groups is 1. The molecule has 246 valence electrons. The molecule has 1 amide bonds. The van der Waals surface area contributed by atoms with Crippen LogP contribution in [0.2, 0.25) is 0 Å². The molecular formula is C35H36FN3O7S. The van der Waals surface area contributed by atoms with E-state index in [1.165, 1.54) is 31.4 Å². The predicted molar refractivity (Wildman–Crippen MR) is 174 cm³/mol. The highest BCUT2D eigenvalue weighted by molar-refractivity contribution is 7.91. The molecule has 10 nitrogen and oxygen atoms in total. The number of halogens is 1. The van der Waals surface area contributed by atoms with Gasteiger partial charge < -0.3 is 19.3 Å². The second-order valence-electron chi connectivity index (χ2n) is 10.9. The van der Waals surface area contributed by atoms with Crippen LogP contribution < -0.4 is 20.3 Å². The molecule has 1 aliphatic rings. The Morgan fingerprint density at radius 3 is 2.43 bits per heavy atom. The fourth-order valence-corrected chi connectivity index (χ4v) is 6.54. The third-order valence-electron chi connectivity index (χ3n) is 7.69. The highest BCUT2D eigenvalue weighted by Crippen LogP contribution is 2.43. The van der Waals surface area contributed by atoms with E-state index < -0.39 is 33.1 Å². The molecule has 12 heteroatoms. The smallest absolute Gasteiger partial charge is 0.266 e. The Balaban J connectivity index is 1.52. The topological polar surface area (TPSA) is 136 Å². The first kappa shape index (κ1) is 33.6. The molecule has 0 bridgehead atoms. The van der Waals surface area contributed by atoms with Gasteiger partial charge in [-0.05, 0) is 71.8 Å². The lowest BCUT2D eigenvalue weighted by atomic mass is 9.85. The number of hydrogen-bond donors (Lipinski definition) is 3. The van der Waals surface area contributed by atoms with Gasteiger partial charge in [-0.2, -0.15) is 0 Å². The molecule has 1 aliphatic heterocycles. The highest BCUT2D eigenvalue weighted by Gasteiger charge is 2.53. The maximum atomic E-state index is 14.3. The van der Waals surface area contributed by atoms with Crippen LogP contribution in [0.3, 0.4) is 0 Å². The number of aliphatic hydroxyl groups is 1. The molecular weight excluding hydrogens is 625 g/mol. The van der Waals surface area contributed by atoms with E-state index in [2.05, 4.69) is 10.9 Å². The van der Waals surface area contributed by atoms with Gasteiger partial charge >= 0.3 is 0 Å². The first-order valence-electron chi connectivity index (χ1n) is 15.0. The molecule has 4 aromatic carbocycles. The Labute approximate surface area is 273 Å². The van der Waals surface area contributed by atoms with Crippen LogP contribution in [0, 0.1) is 5.82 Å². The Morgan fingerprint density at radius 1 is 0.979 bits per heavy atom. The molecule has 0 saturated carbocycles. The van der Waals surface area contributed by atoms with Crippen molar-refractivity contribution in [2.75, 3.05) is 26.1 Å². The van der Waals surface area contributed by atoms with Gasteiger partial charge in [-0.3, -0.25) is 10.2 Å². The van der Waals surface area contributed by atoms with Crippen LogP contribution in [-0.2, 0) is 25.9 Å². The summed E-state index contributed by atoms with van der Waals surface area (Å²) in [5.74, 6) is -0.161. The van der Waals surface area contributed by atoms with Crippen LogP contribution in [0.4, 0.5) is 4.39 Å². The van der Waals surface area contributed by atoms with Gasteiger partial charge in [0.15, 0.2) is 21.5 Å². The number of nitrogens with one attached hydrogen (secondary N) is 2. The number of hydrazine groups is 1. The zero-order chi connectivity index (χ0) is 33.3. The van der Waals surface area contributed by atoms with Crippen molar-refractivity contribution in [2.24, 2.45) is 4.99 Å². The second-order valence-corrected chi connectivity index (χ2v) is 13.0. The first-order chi connectivity index (χ1) is 22.7. The molecule has 0 spiro atoms. The minimum absolute atomic E-state index is 0.0112. The number of carbonyl (C=O) groups is 1. The molecule has 0 aromatic heterocycles. The fourth-order valence-electron chi connectivity index (χ4n) is 5.15. The van der Waals surface area contributed by atoms with Crippen LogP contribution in [0.1, 0.15) is 35.6 Å². The van der Waals surface area contributed by atoms with E-state index in [9.17, 15) is 17.6 Å². The number of nitrogens with zero attached hydrogens (tertiary/aromatic N) is 1. The first-order valence-corrected chi connectivity index (χ1v) is 16.7. The van der Waals surface area contributed by atoms with Crippen molar-refractivity contribution in [1.29, 1.82) is 0 Å². The van der Waals surface area contributed by atoms with E-state index in [-0.39, 0.29) is 36.2 Å². The minimum Gasteiger partial charge on any atom is -0.497 e. The molecule has 1 heterocycles. The predicted octanol–water partition coefficient (Wildman–Crippen LogP) is 4.54. The van der Waals surface area contributed by atoms with Crippen molar-refractivity contribution in [3.63, 3.8) is 0 Å². The van der Waals surface area contributed by atoms with Crippen molar-refractivity contribution in [3.05, 3.63) is 126 Å². The third-order valence-corrected chi connectivity index (χ3v) is 9.42. The number of ether oxygens (including phenoxy) is 3. The average molecular weight is 662 g/mol. The molecule has 0 unspecified atom stereocenters. The van der Waals surface area contributed by atoms with E-state index in [1.54, 1.807) is 78.9 Å². The van der Waals surface area contributed by atoms with Crippen LogP contribution in [-0.4, -0.2) is 56.9 Å². The number of amides is 1. The van der Waals surface area contributed by atoms with Gasteiger partial charge in [0.25, 0.3) is 5.91 Å². The van der Waals surface area contributed by atoms with Crippen molar-refractivity contribution in [2.45, 2.75) is 35.9 Å². The molecule has 0 fully saturated rings. The molecule has 3 N–H and O–H groups in total. The molecule has 2 atom stereocenters. The van der Waals surface area contributed by atoms with E-state index in [0.717, 1.165) is 0 Å². The number of methoxy groups -OCH3 is 1. The van der Waals surface area contributed by atoms with Gasteiger partial charge in [0.1, 0.15) is 17.3 Å². The fraction of sp³-hybridized carbons (Fsp3) is 0.257. The Bertz CT molecular complexity index is 1790. The summed E-state index contributed by atoms with van der Waals surface area (Å²) in [5, 5.41) is 9.05. The van der Waals surface area contributed by atoms with Crippen LogP contribution in [0.15, 0.2) is 113 Å². The summed E-state index contributed by atoms with van der Waals surface area (Å²) in [6, 6.07) is 27.7. The van der Waals surface area contributed by atoms with Gasteiger partial charge in [-0.25, -0.2) is 23.2 Å². The molecule has 5 rings (SSSR count). The number of hydrogen-bond acceptors (Lipinski definition) is 9. The Hall–Kier alpha value is -4.78. The van der Waals surface area contributed by atoms with Crippen LogP contribution in [0.5, 0.6) is 11.5 Å². The lowest BCUT2D eigenvalue weighted by molar-refractivity contribution is -0.130. The maximum absolute atomic E-state index is 14.3. The van der Waals surface area contributed by atoms with Crippen LogP contribution >= 0.6 is 0 Å². The quantitative estimate of drug-likeness (QED) is 0.125. The van der Waals surface area contributed by atoms with Crippen molar-refractivity contribution in [1.82, 2.24) is 10.9 Å². The summed E-state index contributed by atoms with van der Waals surface area (Å²) < 4.78 is 58.0. The maximum Gasteiger partial charge on any atom is 0.266 e. The Morgan fingerprint density at radius 2 is 1.72 bits per heavy atom. The normalized spacial score (nSPS) is 17.4. The van der Waals surface area contributed by atoms with Gasteiger partial charge in [-0.1, -0.05) is 42.5 Å².